The Morgan fingerprint density at radius 1 is 1.22 bits per heavy atom. The standard InChI is InChI=1S/C24H29FN8O4/c1-35-17-12-15(13-18(21(17)36-2)37-11-9-25)20(30-16-7-5-14(6-8-16)22(28)29)23-31-24(34)33(32-23)19(27)4-3-10-26/h3-8,10,12-13,20,30H,9,11,26-27H2,1-2H3,(H3,28,29)(H,31,32,34)/b10-3-,19-4+. The number of allylic oxidation sites excluding steroid dienone is 2. The first kappa shape index (κ1) is 26.7. The smallest absolute Gasteiger partial charge is 0.349 e. The van der Waals surface area contributed by atoms with Crippen LogP contribution in [0.3, 0.4) is 0 Å². The Balaban J connectivity index is 2.16. The quantitative estimate of drug-likeness (QED) is 0.119. The number of amidine groups is 1. The van der Waals surface area contributed by atoms with Gasteiger partial charge in [-0.05, 0) is 60.3 Å². The first-order valence-electron chi connectivity index (χ1n) is 11.0. The third-order valence-electron chi connectivity index (χ3n) is 5.17. The summed E-state index contributed by atoms with van der Waals surface area (Å²) < 4.78 is 30.3. The zero-order chi connectivity index (χ0) is 26.9. The zero-order valence-corrected chi connectivity index (χ0v) is 20.3. The molecule has 1 heterocycles. The number of nitrogen functional groups attached to an aromatic ring is 1. The molecule has 0 spiro atoms. The number of hydrogen-bond donors (Lipinski definition) is 6. The van der Waals surface area contributed by atoms with Crippen LogP contribution in [0.15, 0.2) is 59.5 Å². The van der Waals surface area contributed by atoms with E-state index in [-0.39, 0.29) is 35.6 Å². The third-order valence-corrected chi connectivity index (χ3v) is 5.17. The van der Waals surface area contributed by atoms with Crippen molar-refractivity contribution in [3.8, 4) is 17.2 Å². The second-order valence-corrected chi connectivity index (χ2v) is 7.56. The number of rotatable bonds is 12. The molecule has 3 aromatic rings. The minimum Gasteiger partial charge on any atom is -0.493 e. The van der Waals surface area contributed by atoms with Crippen molar-refractivity contribution in [3.63, 3.8) is 0 Å². The number of halogens is 1. The van der Waals surface area contributed by atoms with E-state index in [0.29, 0.717) is 22.6 Å². The maximum absolute atomic E-state index is 12.9. The highest BCUT2D eigenvalue weighted by atomic mass is 19.1. The molecule has 0 saturated heterocycles. The number of benzene rings is 2. The summed E-state index contributed by atoms with van der Waals surface area (Å²) in [5.41, 5.74) is 18.0. The number of anilines is 1. The van der Waals surface area contributed by atoms with E-state index in [0.717, 1.165) is 4.68 Å². The number of hydrogen-bond acceptors (Lipinski definition) is 9. The lowest BCUT2D eigenvalue weighted by molar-refractivity contribution is 0.254. The lowest BCUT2D eigenvalue weighted by Gasteiger charge is -2.21. The van der Waals surface area contributed by atoms with Crippen LogP contribution < -0.4 is 42.4 Å². The van der Waals surface area contributed by atoms with E-state index in [2.05, 4.69) is 15.4 Å². The SMILES string of the molecule is COc1cc(C(Nc2ccc(C(=N)N)cc2)c2nn(/C(N)=C/C=C\N)c(=O)[nH]2)cc(OCCF)c1OC. The van der Waals surface area contributed by atoms with Crippen LogP contribution in [0.1, 0.15) is 23.0 Å². The summed E-state index contributed by atoms with van der Waals surface area (Å²) >= 11 is 0. The van der Waals surface area contributed by atoms with Crippen LogP contribution in [0.2, 0.25) is 0 Å². The van der Waals surface area contributed by atoms with Crippen LogP contribution in [-0.2, 0) is 0 Å². The van der Waals surface area contributed by atoms with Gasteiger partial charge in [0.05, 0.1) is 14.2 Å². The lowest BCUT2D eigenvalue weighted by atomic mass is 10.0. The van der Waals surface area contributed by atoms with Gasteiger partial charge < -0.3 is 36.7 Å². The van der Waals surface area contributed by atoms with Gasteiger partial charge in [-0.15, -0.1) is 5.10 Å². The molecule has 0 aliphatic heterocycles. The number of aromatic amines is 1. The van der Waals surface area contributed by atoms with E-state index in [9.17, 15) is 9.18 Å². The number of nitrogens with two attached hydrogens (primary N) is 3. The van der Waals surface area contributed by atoms with E-state index < -0.39 is 18.4 Å². The molecule has 196 valence electrons. The van der Waals surface area contributed by atoms with Crippen molar-refractivity contribution in [2.75, 3.05) is 32.8 Å². The first-order chi connectivity index (χ1) is 17.8. The van der Waals surface area contributed by atoms with Gasteiger partial charge in [-0.3, -0.25) is 10.4 Å². The van der Waals surface area contributed by atoms with E-state index in [4.69, 9.17) is 36.8 Å². The average Bonchev–Trinajstić information content (AvgIpc) is 3.29. The minimum atomic E-state index is -0.762. The summed E-state index contributed by atoms with van der Waals surface area (Å²) in [5.74, 6) is 1.01. The summed E-state index contributed by atoms with van der Waals surface area (Å²) in [6.07, 6.45) is 4.16. The number of alkyl halides is 1. The van der Waals surface area contributed by atoms with Crippen LogP contribution in [-0.4, -0.2) is 48.1 Å². The Kier molecular flexibility index (Phi) is 8.76. The van der Waals surface area contributed by atoms with Gasteiger partial charge in [0, 0.05) is 11.3 Å². The molecule has 0 radical (unpaired) electrons. The van der Waals surface area contributed by atoms with Crippen LogP contribution in [0, 0.1) is 5.41 Å². The third kappa shape index (κ3) is 6.20. The molecule has 0 amide bonds. The first-order valence-corrected chi connectivity index (χ1v) is 11.0. The maximum Gasteiger partial charge on any atom is 0.349 e. The molecule has 3 rings (SSSR count). The van der Waals surface area contributed by atoms with Crippen molar-refractivity contribution >= 4 is 17.3 Å². The fourth-order valence-corrected chi connectivity index (χ4v) is 3.46. The van der Waals surface area contributed by atoms with Crippen molar-refractivity contribution < 1.29 is 18.6 Å². The predicted octanol–water partition coefficient (Wildman–Crippen LogP) is 1.65. The largest absolute Gasteiger partial charge is 0.493 e. The Hall–Kier alpha value is -4.94. The minimum absolute atomic E-state index is 0.0399. The van der Waals surface area contributed by atoms with Gasteiger partial charge >= 0.3 is 5.69 Å². The molecule has 0 aliphatic rings. The van der Waals surface area contributed by atoms with Crippen molar-refractivity contribution in [2.24, 2.45) is 17.2 Å². The molecule has 1 unspecified atom stereocenters. The molecule has 0 saturated carbocycles. The normalized spacial score (nSPS) is 12.4. The Morgan fingerprint density at radius 3 is 2.51 bits per heavy atom. The van der Waals surface area contributed by atoms with Crippen molar-refractivity contribution in [2.45, 2.75) is 6.04 Å². The fourth-order valence-electron chi connectivity index (χ4n) is 3.46. The summed E-state index contributed by atoms with van der Waals surface area (Å²) in [6, 6.07) is 9.34. The van der Waals surface area contributed by atoms with E-state index in [1.54, 1.807) is 36.4 Å². The summed E-state index contributed by atoms with van der Waals surface area (Å²) in [6.45, 7) is -0.907. The molecule has 0 bridgehead atoms. The van der Waals surface area contributed by atoms with Gasteiger partial charge in [-0.1, -0.05) is 0 Å². The van der Waals surface area contributed by atoms with Crippen LogP contribution in [0.25, 0.3) is 5.82 Å². The number of aromatic nitrogens is 3. The molecule has 1 aromatic heterocycles. The second-order valence-electron chi connectivity index (χ2n) is 7.56. The van der Waals surface area contributed by atoms with Crippen LogP contribution >= 0.6 is 0 Å². The fraction of sp³-hybridized carbons (Fsp3) is 0.208. The number of ether oxygens (including phenoxy) is 3. The highest BCUT2D eigenvalue weighted by Crippen LogP contribution is 2.41. The van der Waals surface area contributed by atoms with Gasteiger partial charge in [0.25, 0.3) is 0 Å². The molecular weight excluding hydrogens is 483 g/mol. The van der Waals surface area contributed by atoms with Gasteiger partial charge in [0.15, 0.2) is 17.3 Å². The van der Waals surface area contributed by atoms with Gasteiger partial charge in [0.1, 0.15) is 31.0 Å². The van der Waals surface area contributed by atoms with Crippen LogP contribution in [0.4, 0.5) is 10.1 Å². The zero-order valence-electron chi connectivity index (χ0n) is 20.3. The van der Waals surface area contributed by atoms with Gasteiger partial charge in [-0.25, -0.2) is 9.18 Å². The molecule has 0 fully saturated rings. The monoisotopic (exact) mass is 512 g/mol. The van der Waals surface area contributed by atoms with Crippen molar-refractivity contribution in [1.82, 2.24) is 14.8 Å². The Labute approximate surface area is 212 Å². The Bertz CT molecular complexity index is 1350. The molecule has 0 aliphatic carbocycles. The highest BCUT2D eigenvalue weighted by Gasteiger charge is 2.24. The molecular formula is C24H29FN8O4. The molecule has 9 N–H and O–H groups in total. The van der Waals surface area contributed by atoms with Gasteiger partial charge in [0.2, 0.25) is 5.75 Å². The van der Waals surface area contributed by atoms with Crippen molar-refractivity contribution in [1.29, 1.82) is 5.41 Å². The number of nitrogens with one attached hydrogen (secondary N) is 3. The molecule has 37 heavy (non-hydrogen) atoms. The van der Waals surface area contributed by atoms with E-state index >= 15 is 0 Å². The van der Waals surface area contributed by atoms with E-state index in [1.807, 2.05) is 0 Å². The second kappa shape index (κ2) is 12.2. The van der Waals surface area contributed by atoms with Crippen LogP contribution in [0.5, 0.6) is 17.2 Å². The molecule has 12 nitrogen and oxygen atoms in total. The average molecular weight is 513 g/mol. The maximum atomic E-state index is 12.9. The summed E-state index contributed by atoms with van der Waals surface area (Å²) in [5, 5.41) is 15.3. The summed E-state index contributed by atoms with van der Waals surface area (Å²) in [4.78, 5) is 15.4. The number of methoxy groups -OCH3 is 2. The lowest BCUT2D eigenvalue weighted by Crippen LogP contribution is -2.21. The van der Waals surface area contributed by atoms with Gasteiger partial charge in [-0.2, -0.15) is 4.68 Å². The Morgan fingerprint density at radius 2 is 1.92 bits per heavy atom. The number of nitrogens with zero attached hydrogens (tertiary/aromatic N) is 2. The van der Waals surface area contributed by atoms with Crippen molar-refractivity contribution in [3.05, 3.63) is 82.2 Å². The predicted molar refractivity (Wildman–Crippen MR) is 139 cm³/mol. The van der Waals surface area contributed by atoms with E-state index in [1.165, 1.54) is 32.6 Å². The topological polar surface area (TPSA) is 192 Å². The summed E-state index contributed by atoms with van der Waals surface area (Å²) in [7, 11) is 2.90. The highest BCUT2D eigenvalue weighted by molar-refractivity contribution is 5.95. The molecule has 2 aromatic carbocycles. The molecule has 13 heteroatoms. The molecule has 1 atom stereocenters. The number of H-pyrrole nitrogens is 1.